The molecule has 5 amide bonds. The molecule has 3 rings (SSSR count). The molecule has 13 heteroatoms. The van der Waals surface area contributed by atoms with Gasteiger partial charge in [-0.15, -0.1) is 0 Å². The van der Waals surface area contributed by atoms with Crippen LogP contribution in [0.25, 0.3) is 10.9 Å². The van der Waals surface area contributed by atoms with E-state index in [1.54, 1.807) is 20.0 Å². The third kappa shape index (κ3) is 8.53. The van der Waals surface area contributed by atoms with E-state index >= 15 is 0 Å². The largest absolute Gasteiger partial charge is 0.481 e. The van der Waals surface area contributed by atoms with Crippen molar-refractivity contribution >= 4 is 46.4 Å². The van der Waals surface area contributed by atoms with Crippen molar-refractivity contribution in [2.45, 2.75) is 71.1 Å². The molecule has 1 aromatic heterocycles. The van der Waals surface area contributed by atoms with Crippen molar-refractivity contribution < 1.29 is 33.9 Å². The Hall–Kier alpha value is -4.42. The number of aliphatic carboxylic acids is 1. The smallest absolute Gasteiger partial charge is 0.305 e. The molecule has 7 N–H and O–H groups in total. The summed E-state index contributed by atoms with van der Waals surface area (Å²) in [6, 6.07) is 2.61. The molecule has 4 atom stereocenters. The molecule has 1 saturated heterocycles. The quantitative estimate of drug-likeness (QED) is 0.242. The molecule has 1 aliphatic rings. The van der Waals surface area contributed by atoms with Crippen molar-refractivity contribution in [3.8, 4) is 0 Å². The predicted molar refractivity (Wildman–Crippen MR) is 149 cm³/mol. The lowest BCUT2D eigenvalue weighted by Gasteiger charge is -2.27. The number of aromatic nitrogens is 1. The minimum Gasteiger partial charge on any atom is -0.481 e. The molecule has 0 bridgehead atoms. The molecule has 1 aliphatic heterocycles. The summed E-state index contributed by atoms with van der Waals surface area (Å²) in [6.07, 6.45) is 1.22. The summed E-state index contributed by atoms with van der Waals surface area (Å²) in [6.45, 7) is 6.64. The maximum absolute atomic E-state index is 13.6. The van der Waals surface area contributed by atoms with E-state index in [2.05, 4.69) is 31.6 Å². The maximum atomic E-state index is 13.6. The van der Waals surface area contributed by atoms with Crippen LogP contribution in [0.4, 0.5) is 0 Å². The molecule has 2 heterocycles. The fourth-order valence-corrected chi connectivity index (χ4v) is 4.67. The van der Waals surface area contributed by atoms with Crippen LogP contribution in [0, 0.1) is 11.8 Å². The number of para-hydroxylation sites is 1. The predicted octanol–water partition coefficient (Wildman–Crippen LogP) is -0.0438. The van der Waals surface area contributed by atoms with Crippen LogP contribution in [-0.4, -0.2) is 76.3 Å². The van der Waals surface area contributed by atoms with Crippen LogP contribution in [0.3, 0.4) is 0 Å². The van der Waals surface area contributed by atoms with Crippen LogP contribution in [-0.2, 0) is 35.2 Å². The van der Waals surface area contributed by atoms with Crippen molar-refractivity contribution in [1.29, 1.82) is 0 Å². The fraction of sp³-hybridized carbons (Fsp3) is 0.500. The topological polar surface area (TPSA) is 199 Å². The van der Waals surface area contributed by atoms with Gasteiger partial charge in [0.15, 0.2) is 0 Å². The van der Waals surface area contributed by atoms with Crippen LogP contribution in [0.5, 0.6) is 0 Å². The first kappa shape index (κ1) is 31.1. The number of carboxylic acid groups (broad SMARTS) is 1. The third-order valence-corrected chi connectivity index (χ3v) is 6.77. The minimum absolute atomic E-state index is 0.0112. The molecule has 0 spiro atoms. The van der Waals surface area contributed by atoms with Gasteiger partial charge in [-0.3, -0.25) is 28.8 Å². The molecule has 222 valence electrons. The average Bonchev–Trinajstić information content (AvgIpc) is 3.30. The van der Waals surface area contributed by atoms with E-state index in [1.165, 1.54) is 0 Å². The van der Waals surface area contributed by atoms with E-state index in [-0.39, 0.29) is 24.7 Å². The maximum Gasteiger partial charge on any atom is 0.305 e. The number of carboxylic acids is 1. The summed E-state index contributed by atoms with van der Waals surface area (Å²) >= 11 is 0. The molecule has 0 saturated carbocycles. The van der Waals surface area contributed by atoms with Gasteiger partial charge in [-0.1, -0.05) is 45.9 Å². The van der Waals surface area contributed by atoms with Crippen LogP contribution < -0.4 is 26.6 Å². The monoisotopic (exact) mass is 570 g/mol. The zero-order valence-corrected chi connectivity index (χ0v) is 23.6. The van der Waals surface area contributed by atoms with Gasteiger partial charge in [-0.05, 0) is 29.9 Å². The molecule has 0 radical (unpaired) electrons. The number of fused-ring (bicyclic) bond motifs is 1. The molecule has 13 nitrogen and oxygen atoms in total. The minimum atomic E-state index is -1.52. The number of carbonyl (C=O) groups is 6. The van der Waals surface area contributed by atoms with E-state index in [9.17, 15) is 33.9 Å². The highest BCUT2D eigenvalue weighted by Crippen LogP contribution is 2.20. The summed E-state index contributed by atoms with van der Waals surface area (Å²) < 4.78 is 0. The normalized spacial score (nSPS) is 23.2. The van der Waals surface area contributed by atoms with E-state index < -0.39 is 72.6 Å². The average molecular weight is 571 g/mol. The number of amides is 5. The Morgan fingerprint density at radius 3 is 2.15 bits per heavy atom. The van der Waals surface area contributed by atoms with Crippen molar-refractivity contribution in [2.75, 3.05) is 6.54 Å². The number of hydrogen-bond donors (Lipinski definition) is 7. The van der Waals surface area contributed by atoms with Gasteiger partial charge in [-0.2, -0.15) is 0 Å². The highest BCUT2D eigenvalue weighted by molar-refractivity contribution is 5.98. The van der Waals surface area contributed by atoms with Crippen molar-refractivity contribution in [3.05, 3.63) is 36.0 Å². The second kappa shape index (κ2) is 13.8. The molecular formula is C28H38N6O7. The first-order valence-corrected chi connectivity index (χ1v) is 13.6. The number of benzene rings is 1. The molecule has 1 aromatic carbocycles. The summed E-state index contributed by atoms with van der Waals surface area (Å²) in [4.78, 5) is 80.4. The van der Waals surface area contributed by atoms with Gasteiger partial charge in [0.1, 0.15) is 24.2 Å². The van der Waals surface area contributed by atoms with E-state index in [0.29, 0.717) is 5.56 Å². The molecule has 0 aliphatic carbocycles. The van der Waals surface area contributed by atoms with Gasteiger partial charge in [0.05, 0.1) is 13.0 Å². The molecule has 1 fully saturated rings. The Morgan fingerprint density at radius 2 is 1.49 bits per heavy atom. The van der Waals surface area contributed by atoms with Crippen LogP contribution >= 0.6 is 0 Å². The summed E-state index contributed by atoms with van der Waals surface area (Å²) in [7, 11) is 0. The standard InChI is InChI=1S/C28H38N6O7/c1-14(2)9-19-26(39)31-20(10-16-12-29-18-8-6-5-7-17(16)18)27(40)32-21(11-23(36)37)25(38)30-13-22(35)34-24(15(3)4)28(41)33-19/h5-8,12,14-15,19-21,24,29H,9-11,13H2,1-4H3,(H,30,38)(H,31,39)(H,32,40)(H,33,41)(H,34,35)(H,36,37)/t19-,20+,21+,24+/m0/s1. The van der Waals surface area contributed by atoms with Crippen molar-refractivity contribution in [3.63, 3.8) is 0 Å². The summed E-state index contributed by atoms with van der Waals surface area (Å²) in [5.41, 5.74) is 1.52. The van der Waals surface area contributed by atoms with Crippen LogP contribution in [0.15, 0.2) is 30.5 Å². The zero-order valence-electron chi connectivity index (χ0n) is 23.6. The van der Waals surface area contributed by atoms with Gasteiger partial charge < -0.3 is 36.7 Å². The molecule has 0 unspecified atom stereocenters. The second-order valence-corrected chi connectivity index (χ2v) is 11.0. The number of nitrogens with one attached hydrogen (secondary N) is 6. The molecular weight excluding hydrogens is 532 g/mol. The van der Waals surface area contributed by atoms with Gasteiger partial charge in [-0.25, -0.2) is 0 Å². The van der Waals surface area contributed by atoms with E-state index in [0.717, 1.165) is 10.9 Å². The van der Waals surface area contributed by atoms with Gasteiger partial charge in [0.2, 0.25) is 29.5 Å². The number of H-pyrrole nitrogens is 1. The number of carbonyl (C=O) groups excluding carboxylic acids is 5. The first-order valence-electron chi connectivity index (χ1n) is 13.6. The number of rotatable bonds is 7. The van der Waals surface area contributed by atoms with Gasteiger partial charge >= 0.3 is 5.97 Å². The Balaban J connectivity index is 2.02. The highest BCUT2D eigenvalue weighted by Gasteiger charge is 2.34. The van der Waals surface area contributed by atoms with E-state index in [1.807, 2.05) is 38.1 Å². The first-order chi connectivity index (χ1) is 19.3. The molecule has 2 aromatic rings. The Morgan fingerprint density at radius 1 is 0.854 bits per heavy atom. The Kier molecular flexibility index (Phi) is 10.5. The van der Waals surface area contributed by atoms with Crippen LogP contribution in [0.2, 0.25) is 0 Å². The SMILES string of the molecule is CC(C)C[C@@H]1NC(=O)[C@@H](C(C)C)NC(=O)CNC(=O)[C@@H](CC(=O)O)NC(=O)[C@@H](Cc2c[nH]c3ccccc23)NC1=O. The number of hydrogen-bond acceptors (Lipinski definition) is 6. The zero-order chi connectivity index (χ0) is 30.3. The lowest BCUT2D eigenvalue weighted by atomic mass is 9.99. The molecule has 41 heavy (non-hydrogen) atoms. The van der Waals surface area contributed by atoms with Gasteiger partial charge in [0, 0.05) is 23.5 Å². The Bertz CT molecular complexity index is 1300. The summed E-state index contributed by atoms with van der Waals surface area (Å²) in [5.74, 6) is -5.31. The lowest BCUT2D eigenvalue weighted by Crippen LogP contribution is -2.58. The second-order valence-electron chi connectivity index (χ2n) is 11.0. The van der Waals surface area contributed by atoms with Crippen molar-refractivity contribution in [2.24, 2.45) is 11.8 Å². The summed E-state index contributed by atoms with van der Waals surface area (Å²) in [5, 5.41) is 22.9. The Labute approximate surface area is 237 Å². The third-order valence-electron chi connectivity index (χ3n) is 6.77. The van der Waals surface area contributed by atoms with Crippen molar-refractivity contribution in [1.82, 2.24) is 31.6 Å². The number of aromatic amines is 1. The fourth-order valence-electron chi connectivity index (χ4n) is 4.67. The van der Waals surface area contributed by atoms with E-state index in [4.69, 9.17) is 0 Å². The highest BCUT2D eigenvalue weighted by atomic mass is 16.4. The van der Waals surface area contributed by atoms with Gasteiger partial charge in [0.25, 0.3) is 0 Å². The van der Waals surface area contributed by atoms with Crippen LogP contribution in [0.1, 0.15) is 46.1 Å². The lowest BCUT2D eigenvalue weighted by molar-refractivity contribution is -0.141.